The first-order chi connectivity index (χ1) is 14.2. The molecule has 0 fully saturated rings. The second-order valence-electron chi connectivity index (χ2n) is 6.12. The molecule has 0 spiro atoms. The van der Waals surface area contributed by atoms with Crippen molar-refractivity contribution in [2.24, 2.45) is 5.16 Å². The number of ether oxygens (including phenoxy) is 2. The fraction of sp³-hybridized carbons (Fsp3) is 0.136. The molecule has 7 nitrogen and oxygen atoms in total. The zero-order chi connectivity index (χ0) is 20.5. The van der Waals surface area contributed by atoms with E-state index in [9.17, 15) is 10.1 Å². The molecule has 0 saturated heterocycles. The first-order valence-electron chi connectivity index (χ1n) is 8.89. The van der Waals surface area contributed by atoms with Crippen molar-refractivity contribution >= 4 is 11.9 Å². The van der Waals surface area contributed by atoms with Crippen molar-refractivity contribution in [2.75, 3.05) is 7.11 Å². The van der Waals surface area contributed by atoms with Crippen molar-refractivity contribution in [1.82, 2.24) is 0 Å². The lowest BCUT2D eigenvalue weighted by atomic mass is 10.2. The van der Waals surface area contributed by atoms with E-state index in [1.807, 2.05) is 42.5 Å². The van der Waals surface area contributed by atoms with Gasteiger partial charge < -0.3 is 14.3 Å². The van der Waals surface area contributed by atoms with E-state index in [4.69, 9.17) is 14.3 Å². The van der Waals surface area contributed by atoms with Crippen molar-refractivity contribution in [3.63, 3.8) is 0 Å². The molecule has 0 unspecified atom stereocenters. The summed E-state index contributed by atoms with van der Waals surface area (Å²) in [7, 11) is 1.57. The zero-order valence-electron chi connectivity index (χ0n) is 15.9. The SMILES string of the molecule is COc1cc(/C=N\OCc2cccc([N+](=O)[O-])c2)ccc1OCc1ccccc1. The molecule has 0 aliphatic rings. The molecule has 3 aromatic carbocycles. The smallest absolute Gasteiger partial charge is 0.269 e. The number of rotatable bonds is 9. The number of oxime groups is 1. The fourth-order valence-electron chi connectivity index (χ4n) is 2.59. The molecule has 0 aliphatic heterocycles. The Morgan fingerprint density at radius 1 is 0.931 bits per heavy atom. The Balaban J connectivity index is 1.58. The fourth-order valence-corrected chi connectivity index (χ4v) is 2.59. The summed E-state index contributed by atoms with van der Waals surface area (Å²) in [6, 6.07) is 21.5. The van der Waals surface area contributed by atoms with Crippen molar-refractivity contribution in [3.8, 4) is 11.5 Å². The van der Waals surface area contributed by atoms with Gasteiger partial charge in [-0.25, -0.2) is 0 Å². The minimum absolute atomic E-state index is 0.0194. The van der Waals surface area contributed by atoms with Gasteiger partial charge in [-0.3, -0.25) is 10.1 Å². The van der Waals surface area contributed by atoms with Crippen molar-refractivity contribution in [1.29, 1.82) is 0 Å². The largest absolute Gasteiger partial charge is 0.493 e. The molecule has 0 aliphatic carbocycles. The van der Waals surface area contributed by atoms with Crippen molar-refractivity contribution < 1.29 is 19.2 Å². The Bertz CT molecular complexity index is 990. The molecular formula is C22H20N2O5. The Morgan fingerprint density at radius 2 is 1.72 bits per heavy atom. The number of hydrogen-bond donors (Lipinski definition) is 0. The van der Waals surface area contributed by atoms with Crippen molar-refractivity contribution in [2.45, 2.75) is 13.2 Å². The standard InChI is InChI=1S/C22H20N2O5/c1-27-22-13-18(10-11-21(22)28-15-17-6-3-2-4-7-17)14-23-29-16-19-8-5-9-20(12-19)24(25)26/h2-14H,15-16H2,1H3/b23-14-. The summed E-state index contributed by atoms with van der Waals surface area (Å²) in [6.45, 7) is 0.574. The highest BCUT2D eigenvalue weighted by molar-refractivity contribution is 5.80. The first kappa shape index (κ1) is 19.9. The average molecular weight is 392 g/mol. The molecule has 7 heteroatoms. The molecule has 3 rings (SSSR count). The van der Waals surface area contributed by atoms with Gasteiger partial charge in [0.05, 0.1) is 18.2 Å². The highest BCUT2D eigenvalue weighted by Crippen LogP contribution is 2.28. The minimum Gasteiger partial charge on any atom is -0.493 e. The third-order valence-corrected chi connectivity index (χ3v) is 4.05. The summed E-state index contributed by atoms with van der Waals surface area (Å²) in [5.41, 5.74) is 2.52. The normalized spacial score (nSPS) is 10.7. The molecule has 0 amide bonds. The Kier molecular flexibility index (Phi) is 6.78. The van der Waals surface area contributed by atoms with E-state index in [1.54, 1.807) is 31.5 Å². The van der Waals surface area contributed by atoms with Gasteiger partial charge in [-0.2, -0.15) is 0 Å². The third-order valence-electron chi connectivity index (χ3n) is 4.05. The van der Waals surface area contributed by atoms with Gasteiger partial charge >= 0.3 is 0 Å². The van der Waals surface area contributed by atoms with Crippen LogP contribution in [0.5, 0.6) is 11.5 Å². The van der Waals surface area contributed by atoms with Crippen LogP contribution in [0.1, 0.15) is 16.7 Å². The molecule has 0 N–H and O–H groups in total. The van der Waals surface area contributed by atoms with Crippen LogP contribution in [0.2, 0.25) is 0 Å². The number of nitro groups is 1. The van der Waals surface area contributed by atoms with Gasteiger partial charge in [-0.1, -0.05) is 47.6 Å². The molecule has 0 heterocycles. The van der Waals surface area contributed by atoms with Gasteiger partial charge in [0.2, 0.25) is 0 Å². The van der Waals surface area contributed by atoms with Crippen LogP contribution in [0.25, 0.3) is 0 Å². The van der Waals surface area contributed by atoms with Crippen LogP contribution in [0, 0.1) is 10.1 Å². The quantitative estimate of drug-likeness (QED) is 0.299. The molecule has 0 saturated carbocycles. The zero-order valence-corrected chi connectivity index (χ0v) is 15.9. The van der Waals surface area contributed by atoms with E-state index in [0.29, 0.717) is 23.7 Å². The van der Waals surface area contributed by atoms with Gasteiger partial charge in [0.25, 0.3) is 5.69 Å². The average Bonchev–Trinajstić information content (AvgIpc) is 2.76. The minimum atomic E-state index is -0.444. The molecule has 0 bridgehead atoms. The molecular weight excluding hydrogens is 372 g/mol. The van der Waals surface area contributed by atoms with Crippen LogP contribution in [0.4, 0.5) is 5.69 Å². The predicted molar refractivity (Wildman–Crippen MR) is 109 cm³/mol. The maximum absolute atomic E-state index is 10.8. The topological polar surface area (TPSA) is 83.2 Å². The maximum Gasteiger partial charge on any atom is 0.269 e. The summed E-state index contributed by atoms with van der Waals surface area (Å²) < 4.78 is 11.2. The third kappa shape index (κ3) is 5.80. The second kappa shape index (κ2) is 9.89. The van der Waals surface area contributed by atoms with Crippen LogP contribution in [0.3, 0.4) is 0 Å². The van der Waals surface area contributed by atoms with Crippen molar-refractivity contribution in [3.05, 3.63) is 99.6 Å². The Labute approximate surface area is 168 Å². The van der Waals surface area contributed by atoms with Gasteiger partial charge in [-0.15, -0.1) is 0 Å². The summed E-state index contributed by atoms with van der Waals surface area (Å²) in [4.78, 5) is 15.6. The summed E-state index contributed by atoms with van der Waals surface area (Å²) in [6.07, 6.45) is 1.54. The molecule has 29 heavy (non-hydrogen) atoms. The van der Waals surface area contributed by atoms with Gasteiger partial charge in [0.15, 0.2) is 11.5 Å². The number of nitro benzene ring substituents is 1. The molecule has 0 atom stereocenters. The van der Waals surface area contributed by atoms with Crippen LogP contribution < -0.4 is 9.47 Å². The molecule has 3 aromatic rings. The monoisotopic (exact) mass is 392 g/mol. The van der Waals surface area contributed by atoms with Crippen LogP contribution in [0.15, 0.2) is 78.0 Å². The molecule has 0 radical (unpaired) electrons. The second-order valence-corrected chi connectivity index (χ2v) is 6.12. The lowest BCUT2D eigenvalue weighted by molar-refractivity contribution is -0.384. The van der Waals surface area contributed by atoms with Crippen LogP contribution in [-0.4, -0.2) is 18.2 Å². The van der Waals surface area contributed by atoms with E-state index in [1.165, 1.54) is 12.1 Å². The maximum atomic E-state index is 10.8. The summed E-state index contributed by atoms with van der Waals surface area (Å²) in [5.74, 6) is 1.22. The number of non-ortho nitro benzene ring substituents is 1. The van der Waals surface area contributed by atoms with Gasteiger partial charge in [0, 0.05) is 17.7 Å². The van der Waals surface area contributed by atoms with E-state index in [0.717, 1.165) is 11.1 Å². The van der Waals surface area contributed by atoms with Crippen LogP contribution in [-0.2, 0) is 18.1 Å². The van der Waals surface area contributed by atoms with E-state index >= 15 is 0 Å². The first-order valence-corrected chi connectivity index (χ1v) is 8.89. The highest BCUT2D eigenvalue weighted by atomic mass is 16.6. The molecule has 148 valence electrons. The van der Waals surface area contributed by atoms with E-state index in [2.05, 4.69) is 5.16 Å². The number of methoxy groups -OCH3 is 1. The highest BCUT2D eigenvalue weighted by Gasteiger charge is 2.07. The van der Waals surface area contributed by atoms with E-state index < -0.39 is 4.92 Å². The Hall–Kier alpha value is -3.87. The van der Waals surface area contributed by atoms with E-state index in [-0.39, 0.29) is 12.3 Å². The van der Waals surface area contributed by atoms with Gasteiger partial charge in [0.1, 0.15) is 13.2 Å². The summed E-state index contributed by atoms with van der Waals surface area (Å²) >= 11 is 0. The lowest BCUT2D eigenvalue weighted by Gasteiger charge is -2.11. The Morgan fingerprint density at radius 3 is 2.48 bits per heavy atom. The lowest BCUT2D eigenvalue weighted by Crippen LogP contribution is -1.98. The summed E-state index contributed by atoms with van der Waals surface area (Å²) in [5, 5.41) is 14.7. The number of benzene rings is 3. The number of nitrogens with zero attached hydrogens (tertiary/aromatic N) is 2. The number of hydrogen-bond acceptors (Lipinski definition) is 6. The molecule has 0 aromatic heterocycles. The predicted octanol–water partition coefficient (Wildman–Crippen LogP) is 4.73. The van der Waals surface area contributed by atoms with Gasteiger partial charge in [-0.05, 0) is 29.3 Å². The van der Waals surface area contributed by atoms with Crippen LogP contribution >= 0.6 is 0 Å².